The van der Waals surface area contributed by atoms with E-state index in [4.69, 9.17) is 9.47 Å². The molecule has 5 heteroatoms. The molecule has 1 amide bonds. The van der Waals surface area contributed by atoms with E-state index >= 15 is 0 Å². The highest BCUT2D eigenvalue weighted by Crippen LogP contribution is 2.36. The predicted molar refractivity (Wildman–Crippen MR) is 84.0 cm³/mol. The van der Waals surface area contributed by atoms with Crippen LogP contribution in [0.15, 0.2) is 24.3 Å². The van der Waals surface area contributed by atoms with Crippen LogP contribution in [0.4, 0.5) is 10.5 Å². The quantitative estimate of drug-likeness (QED) is 0.785. The number of carbonyl (C=O) groups is 2. The number of hydrogen-bond donors (Lipinski definition) is 0. The van der Waals surface area contributed by atoms with Gasteiger partial charge in [0.2, 0.25) is 0 Å². The monoisotopic (exact) mass is 305 g/mol. The summed E-state index contributed by atoms with van der Waals surface area (Å²) in [4.78, 5) is 26.1. The van der Waals surface area contributed by atoms with Crippen molar-refractivity contribution in [2.24, 2.45) is 0 Å². The minimum atomic E-state index is -0.552. The second-order valence-electron chi connectivity index (χ2n) is 6.28. The van der Waals surface area contributed by atoms with Gasteiger partial charge in [-0.25, -0.2) is 4.79 Å². The summed E-state index contributed by atoms with van der Waals surface area (Å²) in [7, 11) is 0. The van der Waals surface area contributed by atoms with E-state index in [9.17, 15) is 9.59 Å². The van der Waals surface area contributed by atoms with Crippen molar-refractivity contribution in [2.45, 2.75) is 45.6 Å². The fourth-order valence-corrected chi connectivity index (χ4v) is 2.56. The highest BCUT2D eigenvalue weighted by atomic mass is 16.6. The Morgan fingerprint density at radius 3 is 2.59 bits per heavy atom. The SMILES string of the molecule is CCOC(=O)[C@H]1CCN(C(=O)OC(C)(C)C)c2ccccc21. The Labute approximate surface area is 131 Å². The molecule has 0 saturated carbocycles. The lowest BCUT2D eigenvalue weighted by Crippen LogP contribution is -2.41. The molecule has 0 aliphatic carbocycles. The van der Waals surface area contributed by atoms with Crippen molar-refractivity contribution in [3.63, 3.8) is 0 Å². The second-order valence-corrected chi connectivity index (χ2v) is 6.28. The largest absolute Gasteiger partial charge is 0.466 e. The summed E-state index contributed by atoms with van der Waals surface area (Å²) < 4.78 is 10.6. The summed E-state index contributed by atoms with van der Waals surface area (Å²) in [6.07, 6.45) is 0.150. The van der Waals surface area contributed by atoms with E-state index < -0.39 is 5.60 Å². The van der Waals surface area contributed by atoms with Crippen molar-refractivity contribution < 1.29 is 19.1 Å². The third-order valence-corrected chi connectivity index (χ3v) is 3.43. The number of esters is 1. The molecule has 0 bridgehead atoms. The van der Waals surface area contributed by atoms with Crippen LogP contribution in [0.3, 0.4) is 0 Å². The fourth-order valence-electron chi connectivity index (χ4n) is 2.56. The van der Waals surface area contributed by atoms with E-state index in [0.29, 0.717) is 19.6 Å². The molecule has 1 aromatic carbocycles. The molecular weight excluding hydrogens is 282 g/mol. The number of carbonyl (C=O) groups excluding carboxylic acids is 2. The van der Waals surface area contributed by atoms with Crippen molar-refractivity contribution in [3.05, 3.63) is 29.8 Å². The molecule has 0 N–H and O–H groups in total. The Balaban J connectivity index is 2.28. The molecule has 120 valence electrons. The minimum absolute atomic E-state index is 0.237. The van der Waals surface area contributed by atoms with Crippen LogP contribution >= 0.6 is 0 Å². The first-order valence-electron chi connectivity index (χ1n) is 7.59. The molecular formula is C17H23NO4. The Morgan fingerprint density at radius 2 is 1.95 bits per heavy atom. The van der Waals surface area contributed by atoms with Gasteiger partial charge in [-0.05, 0) is 45.7 Å². The maximum absolute atomic E-state index is 12.4. The summed E-state index contributed by atoms with van der Waals surface area (Å²) in [5.74, 6) is -0.561. The van der Waals surface area contributed by atoms with E-state index in [1.54, 1.807) is 11.8 Å². The molecule has 22 heavy (non-hydrogen) atoms. The molecule has 0 spiro atoms. The average molecular weight is 305 g/mol. The third kappa shape index (κ3) is 3.59. The van der Waals surface area contributed by atoms with Gasteiger partial charge in [-0.15, -0.1) is 0 Å². The van der Waals surface area contributed by atoms with Gasteiger partial charge in [0.05, 0.1) is 18.2 Å². The van der Waals surface area contributed by atoms with Crippen LogP contribution in [-0.4, -0.2) is 30.8 Å². The molecule has 0 radical (unpaired) electrons. The zero-order chi connectivity index (χ0) is 16.3. The number of ether oxygens (including phenoxy) is 2. The van der Waals surface area contributed by atoms with E-state index in [1.807, 2.05) is 45.0 Å². The van der Waals surface area contributed by atoms with E-state index in [2.05, 4.69) is 0 Å². The normalized spacial score (nSPS) is 17.6. The molecule has 2 rings (SSSR count). The van der Waals surface area contributed by atoms with Crippen molar-refractivity contribution in [2.75, 3.05) is 18.1 Å². The molecule has 1 aliphatic heterocycles. The summed E-state index contributed by atoms with van der Waals surface area (Å²) >= 11 is 0. The number of amides is 1. The molecule has 1 atom stereocenters. The van der Waals surface area contributed by atoms with Gasteiger partial charge in [0.1, 0.15) is 5.60 Å². The standard InChI is InChI=1S/C17H23NO4/c1-5-21-15(19)13-10-11-18(16(20)22-17(2,3)4)14-9-7-6-8-12(13)14/h6-9,13H,5,10-11H2,1-4H3/t13-/m0/s1. The van der Waals surface area contributed by atoms with Gasteiger partial charge in [-0.1, -0.05) is 18.2 Å². The highest BCUT2D eigenvalue weighted by molar-refractivity contribution is 5.92. The number of nitrogens with zero attached hydrogens (tertiary/aromatic N) is 1. The fraction of sp³-hybridized carbons (Fsp3) is 0.529. The molecule has 1 heterocycles. The number of anilines is 1. The molecule has 1 aliphatic rings. The Kier molecular flexibility index (Phi) is 4.74. The van der Waals surface area contributed by atoms with Crippen LogP contribution in [0.5, 0.6) is 0 Å². The lowest BCUT2D eigenvalue weighted by molar-refractivity contribution is -0.145. The zero-order valence-electron chi connectivity index (χ0n) is 13.6. The maximum Gasteiger partial charge on any atom is 0.414 e. The average Bonchev–Trinajstić information content (AvgIpc) is 2.44. The van der Waals surface area contributed by atoms with Crippen LogP contribution in [0.25, 0.3) is 0 Å². The van der Waals surface area contributed by atoms with Crippen molar-refractivity contribution in [1.29, 1.82) is 0 Å². The lowest BCUT2D eigenvalue weighted by Gasteiger charge is -2.34. The van der Waals surface area contributed by atoms with E-state index in [1.165, 1.54) is 0 Å². The van der Waals surface area contributed by atoms with Gasteiger partial charge in [-0.3, -0.25) is 9.69 Å². The van der Waals surface area contributed by atoms with Gasteiger partial charge in [0.15, 0.2) is 0 Å². The number of hydrogen-bond acceptors (Lipinski definition) is 4. The summed E-state index contributed by atoms with van der Waals surface area (Å²) in [5, 5.41) is 0. The summed E-state index contributed by atoms with van der Waals surface area (Å²) in [6, 6.07) is 7.42. The predicted octanol–water partition coefficient (Wildman–Crippen LogP) is 3.48. The van der Waals surface area contributed by atoms with Crippen LogP contribution < -0.4 is 4.90 Å². The molecule has 0 fully saturated rings. The lowest BCUT2D eigenvalue weighted by atomic mass is 9.90. The number of rotatable bonds is 2. The Morgan fingerprint density at radius 1 is 1.27 bits per heavy atom. The van der Waals surface area contributed by atoms with Crippen molar-refractivity contribution >= 4 is 17.7 Å². The van der Waals surface area contributed by atoms with E-state index in [-0.39, 0.29) is 18.0 Å². The summed E-state index contributed by atoms with van der Waals surface area (Å²) in [5.41, 5.74) is 0.989. The first kappa shape index (κ1) is 16.3. The van der Waals surface area contributed by atoms with Crippen molar-refractivity contribution in [3.8, 4) is 0 Å². The number of benzene rings is 1. The Bertz CT molecular complexity index is 562. The van der Waals surface area contributed by atoms with Crippen LogP contribution in [0, 0.1) is 0 Å². The second kappa shape index (κ2) is 6.38. The molecule has 1 aromatic rings. The molecule has 0 aromatic heterocycles. The number of para-hydroxylation sites is 1. The minimum Gasteiger partial charge on any atom is -0.466 e. The highest BCUT2D eigenvalue weighted by Gasteiger charge is 2.34. The van der Waals surface area contributed by atoms with Gasteiger partial charge in [0.25, 0.3) is 0 Å². The maximum atomic E-state index is 12.4. The number of fused-ring (bicyclic) bond motifs is 1. The summed E-state index contributed by atoms with van der Waals surface area (Å²) in [6.45, 7) is 8.09. The van der Waals surface area contributed by atoms with Gasteiger partial charge >= 0.3 is 12.1 Å². The molecule has 0 saturated heterocycles. The van der Waals surface area contributed by atoms with Gasteiger partial charge in [0, 0.05) is 6.54 Å². The third-order valence-electron chi connectivity index (χ3n) is 3.43. The smallest absolute Gasteiger partial charge is 0.414 e. The van der Waals surface area contributed by atoms with Gasteiger partial charge in [-0.2, -0.15) is 0 Å². The van der Waals surface area contributed by atoms with Crippen LogP contribution in [-0.2, 0) is 14.3 Å². The molecule has 0 unspecified atom stereocenters. The first-order chi connectivity index (χ1) is 10.3. The van der Waals surface area contributed by atoms with E-state index in [0.717, 1.165) is 11.3 Å². The van der Waals surface area contributed by atoms with Gasteiger partial charge < -0.3 is 9.47 Å². The Hall–Kier alpha value is -2.04. The topological polar surface area (TPSA) is 55.8 Å². The van der Waals surface area contributed by atoms with Crippen molar-refractivity contribution in [1.82, 2.24) is 0 Å². The van der Waals surface area contributed by atoms with Crippen LogP contribution in [0.2, 0.25) is 0 Å². The first-order valence-corrected chi connectivity index (χ1v) is 7.59. The molecule has 5 nitrogen and oxygen atoms in total. The van der Waals surface area contributed by atoms with Crippen LogP contribution in [0.1, 0.15) is 45.6 Å². The zero-order valence-corrected chi connectivity index (χ0v) is 13.6.